The van der Waals surface area contributed by atoms with Crippen molar-refractivity contribution in [2.75, 3.05) is 6.54 Å². The van der Waals surface area contributed by atoms with Gasteiger partial charge in [-0.3, -0.25) is 0 Å². The lowest BCUT2D eigenvalue weighted by Crippen LogP contribution is -2.21. The Balaban J connectivity index is 2.21. The Morgan fingerprint density at radius 2 is 2.25 bits per heavy atom. The maximum Gasteiger partial charge on any atom is 0.0679 e. The summed E-state index contributed by atoms with van der Waals surface area (Å²) in [5.74, 6) is 0. The zero-order chi connectivity index (χ0) is 11.4. The van der Waals surface area contributed by atoms with Crippen LogP contribution in [0.15, 0.2) is 29.0 Å². The van der Waals surface area contributed by atoms with Gasteiger partial charge < -0.3 is 5.32 Å². The maximum atomic E-state index is 3.62. The SMILES string of the molecule is CCCNC(c1csc(C)c1)c1cccs1. The molecule has 0 saturated heterocycles. The first-order valence-electron chi connectivity index (χ1n) is 5.63. The zero-order valence-corrected chi connectivity index (χ0v) is 11.3. The summed E-state index contributed by atoms with van der Waals surface area (Å²) >= 11 is 3.66. The number of thiophene rings is 2. The number of nitrogens with one attached hydrogen (secondary N) is 1. The van der Waals surface area contributed by atoms with E-state index in [0.29, 0.717) is 6.04 Å². The molecular weight excluding hydrogens is 234 g/mol. The first-order valence-corrected chi connectivity index (χ1v) is 7.39. The van der Waals surface area contributed by atoms with Gasteiger partial charge in [-0.2, -0.15) is 0 Å². The Morgan fingerprint density at radius 1 is 1.38 bits per heavy atom. The van der Waals surface area contributed by atoms with Crippen LogP contribution in [0, 0.1) is 6.92 Å². The highest BCUT2D eigenvalue weighted by Gasteiger charge is 2.14. The highest BCUT2D eigenvalue weighted by Crippen LogP contribution is 2.29. The summed E-state index contributed by atoms with van der Waals surface area (Å²) in [5, 5.41) is 8.03. The first kappa shape index (κ1) is 11.8. The monoisotopic (exact) mass is 251 g/mol. The minimum Gasteiger partial charge on any atom is -0.306 e. The van der Waals surface area contributed by atoms with Crippen LogP contribution in [-0.2, 0) is 0 Å². The van der Waals surface area contributed by atoms with E-state index >= 15 is 0 Å². The van der Waals surface area contributed by atoms with Gasteiger partial charge in [0.25, 0.3) is 0 Å². The second-order valence-corrected chi connectivity index (χ2v) is 5.99. The normalized spacial score (nSPS) is 12.9. The maximum absolute atomic E-state index is 3.62. The first-order chi connectivity index (χ1) is 7.81. The predicted molar refractivity (Wildman–Crippen MR) is 73.5 cm³/mol. The number of aryl methyl sites for hydroxylation is 1. The Bertz CT molecular complexity index is 417. The molecule has 0 aliphatic rings. The van der Waals surface area contributed by atoms with Crippen LogP contribution in [0.5, 0.6) is 0 Å². The van der Waals surface area contributed by atoms with Crippen LogP contribution in [0.4, 0.5) is 0 Å². The molecular formula is C13H17NS2. The number of rotatable bonds is 5. The van der Waals surface area contributed by atoms with Crippen LogP contribution in [0.3, 0.4) is 0 Å². The fourth-order valence-corrected chi connectivity index (χ4v) is 3.30. The second-order valence-electron chi connectivity index (χ2n) is 3.89. The molecule has 0 bridgehead atoms. The van der Waals surface area contributed by atoms with Crippen molar-refractivity contribution in [1.29, 1.82) is 0 Å². The summed E-state index contributed by atoms with van der Waals surface area (Å²) in [7, 11) is 0. The van der Waals surface area contributed by atoms with Crippen molar-refractivity contribution >= 4 is 22.7 Å². The summed E-state index contributed by atoms with van der Waals surface area (Å²) in [5.41, 5.74) is 1.40. The Hall–Kier alpha value is -0.640. The van der Waals surface area contributed by atoms with Crippen LogP contribution < -0.4 is 5.32 Å². The van der Waals surface area contributed by atoms with E-state index in [1.165, 1.54) is 21.7 Å². The molecule has 0 fully saturated rings. The predicted octanol–water partition coefficient (Wildman–Crippen LogP) is 4.21. The quantitative estimate of drug-likeness (QED) is 0.839. The summed E-state index contributed by atoms with van der Waals surface area (Å²) in [6.07, 6.45) is 1.17. The third-order valence-electron chi connectivity index (χ3n) is 2.51. The zero-order valence-electron chi connectivity index (χ0n) is 9.69. The van der Waals surface area contributed by atoms with Crippen LogP contribution in [0.1, 0.15) is 34.7 Å². The van der Waals surface area contributed by atoms with E-state index in [1.54, 1.807) is 0 Å². The van der Waals surface area contributed by atoms with Gasteiger partial charge in [-0.25, -0.2) is 0 Å². The van der Waals surface area contributed by atoms with Crippen molar-refractivity contribution in [1.82, 2.24) is 5.32 Å². The Morgan fingerprint density at radius 3 is 2.81 bits per heavy atom. The molecule has 0 aliphatic carbocycles. The lowest BCUT2D eigenvalue weighted by Gasteiger charge is -2.15. The number of hydrogen-bond donors (Lipinski definition) is 1. The summed E-state index contributed by atoms with van der Waals surface area (Å²) < 4.78 is 0. The molecule has 0 spiro atoms. The van der Waals surface area contributed by atoms with Crippen molar-refractivity contribution in [2.24, 2.45) is 0 Å². The molecule has 2 heterocycles. The van der Waals surface area contributed by atoms with Gasteiger partial charge >= 0.3 is 0 Å². The Kier molecular flexibility index (Phi) is 4.16. The standard InChI is InChI=1S/C13H17NS2/c1-3-6-14-13(12-5-4-7-15-12)11-8-10(2)16-9-11/h4-5,7-9,13-14H,3,6H2,1-2H3. The molecule has 86 valence electrons. The molecule has 1 atom stereocenters. The number of hydrogen-bond acceptors (Lipinski definition) is 3. The van der Waals surface area contributed by atoms with Crippen LogP contribution in [0.2, 0.25) is 0 Å². The molecule has 2 aromatic heterocycles. The van der Waals surface area contributed by atoms with Gasteiger partial charge in [0.05, 0.1) is 6.04 Å². The van der Waals surface area contributed by atoms with Crippen molar-refractivity contribution in [3.05, 3.63) is 44.3 Å². The fraction of sp³-hybridized carbons (Fsp3) is 0.385. The smallest absolute Gasteiger partial charge is 0.0679 e. The van der Waals surface area contributed by atoms with Gasteiger partial charge in [0.2, 0.25) is 0 Å². The minimum absolute atomic E-state index is 0.380. The molecule has 0 aromatic carbocycles. The van der Waals surface area contributed by atoms with Crippen molar-refractivity contribution in [2.45, 2.75) is 26.3 Å². The van der Waals surface area contributed by atoms with E-state index in [1.807, 2.05) is 22.7 Å². The molecule has 1 nitrogen and oxygen atoms in total. The van der Waals surface area contributed by atoms with E-state index in [4.69, 9.17) is 0 Å². The van der Waals surface area contributed by atoms with E-state index < -0.39 is 0 Å². The lowest BCUT2D eigenvalue weighted by atomic mass is 10.1. The van der Waals surface area contributed by atoms with Crippen molar-refractivity contribution in [3.8, 4) is 0 Å². The van der Waals surface area contributed by atoms with Crippen molar-refractivity contribution in [3.63, 3.8) is 0 Å². The molecule has 1 unspecified atom stereocenters. The van der Waals surface area contributed by atoms with Crippen LogP contribution >= 0.6 is 22.7 Å². The molecule has 2 rings (SSSR count). The average molecular weight is 251 g/mol. The van der Waals surface area contributed by atoms with Gasteiger partial charge in [-0.15, -0.1) is 22.7 Å². The third-order valence-corrected chi connectivity index (χ3v) is 4.33. The van der Waals surface area contributed by atoms with Crippen molar-refractivity contribution < 1.29 is 0 Å². The van der Waals surface area contributed by atoms with Gasteiger partial charge in [0.15, 0.2) is 0 Å². The summed E-state index contributed by atoms with van der Waals surface area (Å²) in [4.78, 5) is 2.79. The summed E-state index contributed by atoms with van der Waals surface area (Å²) in [6.45, 7) is 5.44. The van der Waals surface area contributed by atoms with E-state index in [9.17, 15) is 0 Å². The third kappa shape index (κ3) is 2.73. The molecule has 16 heavy (non-hydrogen) atoms. The highest BCUT2D eigenvalue weighted by atomic mass is 32.1. The molecule has 1 N–H and O–H groups in total. The second kappa shape index (κ2) is 5.62. The summed E-state index contributed by atoms with van der Waals surface area (Å²) in [6, 6.07) is 7.01. The molecule has 0 saturated carbocycles. The minimum atomic E-state index is 0.380. The van der Waals surface area contributed by atoms with E-state index in [-0.39, 0.29) is 0 Å². The van der Waals surface area contributed by atoms with Crippen LogP contribution in [0.25, 0.3) is 0 Å². The molecule has 3 heteroatoms. The molecule has 0 radical (unpaired) electrons. The van der Waals surface area contributed by atoms with E-state index in [0.717, 1.165) is 6.54 Å². The van der Waals surface area contributed by atoms with Crippen LogP contribution in [-0.4, -0.2) is 6.54 Å². The topological polar surface area (TPSA) is 12.0 Å². The molecule has 2 aromatic rings. The molecule has 0 aliphatic heterocycles. The van der Waals surface area contributed by atoms with Gasteiger partial charge in [0, 0.05) is 9.75 Å². The van der Waals surface area contributed by atoms with Gasteiger partial charge in [-0.1, -0.05) is 13.0 Å². The van der Waals surface area contributed by atoms with Gasteiger partial charge in [0.1, 0.15) is 0 Å². The van der Waals surface area contributed by atoms with E-state index in [2.05, 4.69) is 48.1 Å². The molecule has 0 amide bonds. The fourth-order valence-electron chi connectivity index (χ4n) is 1.74. The largest absolute Gasteiger partial charge is 0.306 e. The highest BCUT2D eigenvalue weighted by molar-refractivity contribution is 7.10. The van der Waals surface area contributed by atoms with Gasteiger partial charge in [-0.05, 0) is 48.3 Å². The average Bonchev–Trinajstić information content (AvgIpc) is 2.91. The lowest BCUT2D eigenvalue weighted by molar-refractivity contribution is 0.607. The Labute approximate surface area is 105 Å².